The highest BCUT2D eigenvalue weighted by Gasteiger charge is 2.24. The van der Waals surface area contributed by atoms with Gasteiger partial charge in [0, 0.05) is 13.1 Å². The summed E-state index contributed by atoms with van der Waals surface area (Å²) in [6.45, 7) is 1.53. The molecular formula is C23H28N2O5S. The molecule has 1 aliphatic carbocycles. The number of rotatable bonds is 7. The summed E-state index contributed by atoms with van der Waals surface area (Å²) in [5.74, 6) is -0.990. The molecule has 1 aliphatic rings. The van der Waals surface area contributed by atoms with Crippen LogP contribution in [0.1, 0.15) is 49.4 Å². The lowest BCUT2D eigenvalue weighted by Crippen LogP contribution is -2.42. The number of nitrogens with zero attached hydrogens (tertiary/aromatic N) is 1. The summed E-state index contributed by atoms with van der Waals surface area (Å²) in [6.07, 6.45) is 4.33. The monoisotopic (exact) mass is 444 g/mol. The first-order valence-corrected chi connectivity index (χ1v) is 11.9. The molecule has 0 saturated heterocycles. The Morgan fingerprint density at radius 3 is 2.23 bits per heavy atom. The standard InChI is InChI=1S/C23H28N2O5S/c1-17(22(26)24-19-9-5-3-6-10-19)30-23(27)18-13-15-21(16-14-18)31(28,29)25(2)20-11-7-4-8-12-20/h4,7-8,11-17,19H,3,5-6,9-10H2,1-2H3,(H,24,26). The molecule has 3 rings (SSSR count). The van der Waals surface area contributed by atoms with Gasteiger partial charge in [-0.3, -0.25) is 9.10 Å². The molecular weight excluding hydrogens is 416 g/mol. The number of anilines is 1. The zero-order chi connectivity index (χ0) is 22.4. The minimum absolute atomic E-state index is 0.0542. The molecule has 1 unspecified atom stereocenters. The van der Waals surface area contributed by atoms with E-state index in [-0.39, 0.29) is 22.4 Å². The summed E-state index contributed by atoms with van der Waals surface area (Å²) in [5.41, 5.74) is 0.711. The van der Waals surface area contributed by atoms with E-state index in [9.17, 15) is 18.0 Å². The van der Waals surface area contributed by atoms with Gasteiger partial charge in [-0.05, 0) is 56.2 Å². The molecule has 0 bridgehead atoms. The fourth-order valence-corrected chi connectivity index (χ4v) is 4.74. The third-order valence-electron chi connectivity index (χ3n) is 5.47. The van der Waals surface area contributed by atoms with Crippen molar-refractivity contribution in [1.29, 1.82) is 0 Å². The Balaban J connectivity index is 1.62. The topological polar surface area (TPSA) is 92.8 Å². The van der Waals surface area contributed by atoms with E-state index in [1.165, 1.54) is 49.0 Å². The molecule has 1 saturated carbocycles. The van der Waals surface area contributed by atoms with Crippen molar-refractivity contribution in [3.8, 4) is 0 Å². The Labute approximate surface area is 183 Å². The van der Waals surface area contributed by atoms with Crippen molar-refractivity contribution in [2.45, 2.75) is 56.1 Å². The Morgan fingerprint density at radius 1 is 1.00 bits per heavy atom. The molecule has 7 nitrogen and oxygen atoms in total. The number of para-hydroxylation sites is 1. The first-order valence-electron chi connectivity index (χ1n) is 10.4. The van der Waals surface area contributed by atoms with Crippen LogP contribution in [-0.4, -0.2) is 39.5 Å². The van der Waals surface area contributed by atoms with Crippen molar-refractivity contribution in [2.75, 3.05) is 11.4 Å². The van der Waals surface area contributed by atoms with Crippen molar-refractivity contribution < 1.29 is 22.7 Å². The maximum Gasteiger partial charge on any atom is 0.338 e. The minimum Gasteiger partial charge on any atom is -0.449 e. The number of ether oxygens (including phenoxy) is 1. The van der Waals surface area contributed by atoms with Crippen molar-refractivity contribution >= 4 is 27.6 Å². The molecule has 1 N–H and O–H groups in total. The van der Waals surface area contributed by atoms with E-state index >= 15 is 0 Å². The zero-order valence-corrected chi connectivity index (χ0v) is 18.6. The number of carbonyl (C=O) groups excluding carboxylic acids is 2. The molecule has 31 heavy (non-hydrogen) atoms. The highest BCUT2D eigenvalue weighted by Crippen LogP contribution is 2.22. The van der Waals surface area contributed by atoms with Gasteiger partial charge in [0.1, 0.15) is 0 Å². The van der Waals surface area contributed by atoms with Crippen LogP contribution in [-0.2, 0) is 19.6 Å². The van der Waals surface area contributed by atoms with Gasteiger partial charge >= 0.3 is 5.97 Å². The van der Waals surface area contributed by atoms with Gasteiger partial charge in [-0.25, -0.2) is 13.2 Å². The smallest absolute Gasteiger partial charge is 0.338 e. The van der Waals surface area contributed by atoms with Crippen molar-refractivity contribution in [3.05, 3.63) is 60.2 Å². The van der Waals surface area contributed by atoms with Crippen LogP contribution in [0.25, 0.3) is 0 Å². The van der Waals surface area contributed by atoms with Gasteiger partial charge in [0.25, 0.3) is 15.9 Å². The highest BCUT2D eigenvalue weighted by atomic mass is 32.2. The number of sulfonamides is 1. The molecule has 0 aliphatic heterocycles. The van der Waals surface area contributed by atoms with Crippen molar-refractivity contribution in [1.82, 2.24) is 5.32 Å². The second-order valence-electron chi connectivity index (χ2n) is 7.72. The van der Waals surface area contributed by atoms with Crippen LogP contribution in [0.3, 0.4) is 0 Å². The van der Waals surface area contributed by atoms with Gasteiger partial charge in [0.05, 0.1) is 16.1 Å². The number of amides is 1. The fourth-order valence-electron chi connectivity index (χ4n) is 3.55. The number of hydrogen-bond acceptors (Lipinski definition) is 5. The number of carbonyl (C=O) groups is 2. The third kappa shape index (κ3) is 5.64. The van der Waals surface area contributed by atoms with Gasteiger partial charge in [0.15, 0.2) is 6.10 Å². The summed E-state index contributed by atoms with van der Waals surface area (Å²) in [5, 5.41) is 2.93. The molecule has 1 amide bonds. The molecule has 0 radical (unpaired) electrons. The van der Waals surface area contributed by atoms with E-state index in [0.29, 0.717) is 5.69 Å². The van der Waals surface area contributed by atoms with Gasteiger partial charge in [-0.2, -0.15) is 0 Å². The number of nitrogens with one attached hydrogen (secondary N) is 1. The Hall–Kier alpha value is -2.87. The third-order valence-corrected chi connectivity index (χ3v) is 7.27. The SMILES string of the molecule is CC(OC(=O)c1ccc(S(=O)(=O)N(C)c2ccccc2)cc1)C(=O)NC1CCCCC1. The van der Waals surface area contributed by atoms with E-state index in [4.69, 9.17) is 4.74 Å². The maximum absolute atomic E-state index is 12.8. The molecule has 2 aromatic carbocycles. The molecule has 0 heterocycles. The minimum atomic E-state index is -3.77. The number of hydrogen-bond donors (Lipinski definition) is 1. The molecule has 0 spiro atoms. The Kier molecular flexibility index (Phi) is 7.33. The quantitative estimate of drug-likeness (QED) is 0.660. The average Bonchev–Trinajstić information content (AvgIpc) is 2.79. The Bertz CT molecular complexity index is 1000. The van der Waals surface area contributed by atoms with Crippen LogP contribution in [0.5, 0.6) is 0 Å². The van der Waals surface area contributed by atoms with Crippen LogP contribution in [0, 0.1) is 0 Å². The van der Waals surface area contributed by atoms with Crippen LogP contribution in [0.2, 0.25) is 0 Å². The van der Waals surface area contributed by atoms with Crippen LogP contribution < -0.4 is 9.62 Å². The Morgan fingerprint density at radius 2 is 1.61 bits per heavy atom. The second-order valence-corrected chi connectivity index (χ2v) is 9.69. The average molecular weight is 445 g/mol. The van der Waals surface area contributed by atoms with Crippen LogP contribution in [0.15, 0.2) is 59.5 Å². The zero-order valence-electron chi connectivity index (χ0n) is 17.8. The molecule has 1 atom stereocenters. The predicted molar refractivity (Wildman–Crippen MR) is 118 cm³/mol. The summed E-state index contributed by atoms with van der Waals surface area (Å²) in [4.78, 5) is 24.8. The van der Waals surface area contributed by atoms with Crippen LogP contribution in [0.4, 0.5) is 5.69 Å². The lowest BCUT2D eigenvalue weighted by molar-refractivity contribution is -0.130. The van der Waals surface area contributed by atoms with Gasteiger partial charge in [-0.15, -0.1) is 0 Å². The van der Waals surface area contributed by atoms with E-state index < -0.39 is 22.1 Å². The van der Waals surface area contributed by atoms with Gasteiger partial charge < -0.3 is 10.1 Å². The highest BCUT2D eigenvalue weighted by molar-refractivity contribution is 7.92. The lowest BCUT2D eigenvalue weighted by Gasteiger charge is -2.24. The van der Waals surface area contributed by atoms with Gasteiger partial charge in [-0.1, -0.05) is 37.5 Å². The number of benzene rings is 2. The first kappa shape index (κ1) is 22.8. The van der Waals surface area contributed by atoms with Crippen molar-refractivity contribution in [2.24, 2.45) is 0 Å². The number of esters is 1. The van der Waals surface area contributed by atoms with E-state index in [1.807, 2.05) is 0 Å². The summed E-state index contributed by atoms with van der Waals surface area (Å²) in [6, 6.07) is 14.3. The van der Waals surface area contributed by atoms with Gasteiger partial charge in [0.2, 0.25) is 0 Å². The summed E-state index contributed by atoms with van der Waals surface area (Å²) < 4.78 is 32.1. The first-order chi connectivity index (χ1) is 14.8. The molecule has 8 heteroatoms. The molecule has 2 aromatic rings. The largest absolute Gasteiger partial charge is 0.449 e. The fraction of sp³-hybridized carbons (Fsp3) is 0.391. The van der Waals surface area contributed by atoms with E-state index in [2.05, 4.69) is 5.32 Å². The predicted octanol–water partition coefficient (Wildman–Crippen LogP) is 3.51. The summed E-state index contributed by atoms with van der Waals surface area (Å²) >= 11 is 0. The maximum atomic E-state index is 12.8. The lowest BCUT2D eigenvalue weighted by atomic mass is 9.95. The normalized spacial score (nSPS) is 15.7. The van der Waals surface area contributed by atoms with Crippen LogP contribution >= 0.6 is 0 Å². The second kappa shape index (κ2) is 9.96. The van der Waals surface area contributed by atoms with Crippen molar-refractivity contribution in [3.63, 3.8) is 0 Å². The molecule has 0 aromatic heterocycles. The summed E-state index contributed by atoms with van der Waals surface area (Å²) in [7, 11) is -2.30. The van der Waals surface area contributed by atoms with E-state index in [1.54, 1.807) is 30.3 Å². The molecule has 166 valence electrons. The molecule has 1 fully saturated rings. The van der Waals surface area contributed by atoms with E-state index in [0.717, 1.165) is 25.7 Å².